The molecule has 0 saturated heterocycles. The minimum atomic E-state index is -3.57. The Morgan fingerprint density at radius 3 is 2.28 bits per heavy atom. The number of sulfonamides is 1. The van der Waals surface area contributed by atoms with Gasteiger partial charge >= 0.3 is 0 Å². The average Bonchev–Trinajstić information content (AvgIpc) is 2.56. The van der Waals surface area contributed by atoms with Crippen LogP contribution >= 0.6 is 0 Å². The third-order valence-electron chi connectivity index (χ3n) is 3.88. The molecule has 2 rings (SSSR count). The number of hydrogen-bond donors (Lipinski definition) is 1. The first kappa shape index (κ1) is 18.9. The number of amides is 1. The molecule has 7 nitrogen and oxygen atoms in total. The van der Waals surface area contributed by atoms with Gasteiger partial charge in [-0.1, -0.05) is 0 Å². The van der Waals surface area contributed by atoms with Gasteiger partial charge < -0.3 is 9.88 Å². The molecular formula is C17H21N3O4S. The van der Waals surface area contributed by atoms with E-state index in [1.807, 2.05) is 0 Å². The van der Waals surface area contributed by atoms with E-state index in [9.17, 15) is 18.0 Å². The molecule has 1 N–H and O–H groups in total. The molecule has 0 saturated carbocycles. The highest BCUT2D eigenvalue weighted by Gasteiger charge is 2.22. The Bertz CT molecular complexity index is 931. The van der Waals surface area contributed by atoms with Gasteiger partial charge in [0.1, 0.15) is 0 Å². The van der Waals surface area contributed by atoms with Crippen molar-refractivity contribution in [2.45, 2.75) is 24.8 Å². The number of aryl methyl sites for hydroxylation is 1. The van der Waals surface area contributed by atoms with Crippen molar-refractivity contribution in [1.82, 2.24) is 8.87 Å². The standard InChI is InChI=1S/C17H21N3O4S/c1-12(2)20(4)25(23,24)15-7-5-14(6-8-15)18-17(22)13-9-10-19(3)16(21)11-13/h5-12H,1-4H3,(H,18,22). The number of hydrogen-bond acceptors (Lipinski definition) is 4. The van der Waals surface area contributed by atoms with Crippen molar-refractivity contribution in [2.24, 2.45) is 7.05 Å². The molecule has 0 aliphatic heterocycles. The summed E-state index contributed by atoms with van der Waals surface area (Å²) in [6.07, 6.45) is 1.51. The van der Waals surface area contributed by atoms with E-state index in [2.05, 4.69) is 5.32 Å². The van der Waals surface area contributed by atoms with Crippen molar-refractivity contribution in [3.8, 4) is 0 Å². The molecule has 0 unspecified atom stereocenters. The van der Waals surface area contributed by atoms with Crippen LogP contribution in [0.5, 0.6) is 0 Å². The molecule has 8 heteroatoms. The predicted molar refractivity (Wildman–Crippen MR) is 96.2 cm³/mol. The molecule has 1 aromatic carbocycles. The molecular weight excluding hydrogens is 342 g/mol. The zero-order valence-electron chi connectivity index (χ0n) is 14.6. The van der Waals surface area contributed by atoms with Crippen LogP contribution in [0, 0.1) is 0 Å². The van der Waals surface area contributed by atoms with Gasteiger partial charge in [-0.2, -0.15) is 4.31 Å². The fourth-order valence-electron chi connectivity index (χ4n) is 2.05. The van der Waals surface area contributed by atoms with Crippen molar-refractivity contribution in [3.63, 3.8) is 0 Å². The summed E-state index contributed by atoms with van der Waals surface area (Å²) >= 11 is 0. The first-order valence-electron chi connectivity index (χ1n) is 7.69. The van der Waals surface area contributed by atoms with Gasteiger partial charge in [0.25, 0.3) is 11.5 Å². The van der Waals surface area contributed by atoms with E-state index in [0.29, 0.717) is 5.69 Å². The molecule has 25 heavy (non-hydrogen) atoms. The summed E-state index contributed by atoms with van der Waals surface area (Å²) in [6, 6.07) is 8.52. The van der Waals surface area contributed by atoms with Crippen LogP contribution in [-0.2, 0) is 17.1 Å². The number of carbonyl (C=O) groups excluding carboxylic acids is 1. The summed E-state index contributed by atoms with van der Waals surface area (Å²) in [5.74, 6) is -0.437. The summed E-state index contributed by atoms with van der Waals surface area (Å²) < 4.78 is 27.4. The van der Waals surface area contributed by atoms with E-state index in [-0.39, 0.29) is 22.1 Å². The maximum absolute atomic E-state index is 12.4. The van der Waals surface area contributed by atoms with E-state index in [1.165, 1.54) is 58.5 Å². The van der Waals surface area contributed by atoms with Crippen LogP contribution in [0.4, 0.5) is 5.69 Å². The highest BCUT2D eigenvalue weighted by Crippen LogP contribution is 2.19. The molecule has 0 fully saturated rings. The Hall–Kier alpha value is -2.45. The van der Waals surface area contributed by atoms with Crippen LogP contribution in [0.3, 0.4) is 0 Å². The Balaban J connectivity index is 2.19. The van der Waals surface area contributed by atoms with Gasteiger partial charge in [0.15, 0.2) is 0 Å². The lowest BCUT2D eigenvalue weighted by molar-refractivity contribution is 0.102. The predicted octanol–water partition coefficient (Wildman–Crippen LogP) is 1.67. The van der Waals surface area contributed by atoms with Gasteiger partial charge in [0.2, 0.25) is 10.0 Å². The lowest BCUT2D eigenvalue weighted by atomic mass is 10.2. The normalized spacial score (nSPS) is 11.8. The molecule has 1 heterocycles. The molecule has 0 radical (unpaired) electrons. The minimum Gasteiger partial charge on any atom is -0.322 e. The first-order chi connectivity index (χ1) is 11.6. The number of nitrogens with one attached hydrogen (secondary N) is 1. The van der Waals surface area contributed by atoms with Crippen LogP contribution in [0.25, 0.3) is 0 Å². The third kappa shape index (κ3) is 4.15. The number of anilines is 1. The van der Waals surface area contributed by atoms with E-state index < -0.39 is 15.9 Å². The second-order valence-electron chi connectivity index (χ2n) is 5.96. The molecule has 0 aliphatic carbocycles. The molecule has 0 spiro atoms. The second-order valence-corrected chi connectivity index (χ2v) is 7.96. The number of rotatable bonds is 5. The lowest BCUT2D eigenvalue weighted by Gasteiger charge is -2.21. The molecule has 134 valence electrons. The van der Waals surface area contributed by atoms with E-state index in [1.54, 1.807) is 20.9 Å². The highest BCUT2D eigenvalue weighted by molar-refractivity contribution is 7.89. The summed E-state index contributed by atoms with van der Waals surface area (Å²) in [6.45, 7) is 3.58. The number of nitrogens with zero attached hydrogens (tertiary/aromatic N) is 2. The van der Waals surface area contributed by atoms with Gasteiger partial charge in [-0.25, -0.2) is 8.42 Å². The zero-order chi connectivity index (χ0) is 18.8. The monoisotopic (exact) mass is 363 g/mol. The minimum absolute atomic E-state index is 0.148. The molecule has 1 aromatic heterocycles. The van der Waals surface area contributed by atoms with Crippen LogP contribution in [0.1, 0.15) is 24.2 Å². The fourth-order valence-corrected chi connectivity index (χ4v) is 3.41. The van der Waals surface area contributed by atoms with E-state index in [4.69, 9.17) is 0 Å². The zero-order valence-corrected chi connectivity index (χ0v) is 15.4. The maximum atomic E-state index is 12.4. The van der Waals surface area contributed by atoms with Crippen molar-refractivity contribution >= 4 is 21.6 Å². The topological polar surface area (TPSA) is 88.5 Å². The quantitative estimate of drug-likeness (QED) is 0.875. The molecule has 0 atom stereocenters. The van der Waals surface area contributed by atoms with Crippen LogP contribution in [0.15, 0.2) is 52.3 Å². The smallest absolute Gasteiger partial charge is 0.255 e. The Morgan fingerprint density at radius 2 is 1.76 bits per heavy atom. The second kappa shape index (κ2) is 7.20. The SMILES string of the molecule is CC(C)N(C)S(=O)(=O)c1ccc(NC(=O)c2ccn(C)c(=O)c2)cc1. The summed E-state index contributed by atoms with van der Waals surface area (Å²) in [5, 5.41) is 2.64. The molecule has 0 bridgehead atoms. The Morgan fingerprint density at radius 1 is 1.16 bits per heavy atom. The van der Waals surface area contributed by atoms with Crippen LogP contribution in [0.2, 0.25) is 0 Å². The van der Waals surface area contributed by atoms with Crippen molar-refractivity contribution in [1.29, 1.82) is 0 Å². The summed E-state index contributed by atoms with van der Waals surface area (Å²) in [5.41, 5.74) is 0.391. The summed E-state index contributed by atoms with van der Waals surface area (Å²) in [4.78, 5) is 23.9. The van der Waals surface area contributed by atoms with Gasteiger partial charge in [-0.3, -0.25) is 9.59 Å². The van der Waals surface area contributed by atoms with Gasteiger partial charge in [-0.05, 0) is 44.2 Å². The fraction of sp³-hybridized carbons (Fsp3) is 0.294. The number of pyridine rings is 1. The van der Waals surface area contributed by atoms with Crippen molar-refractivity contribution in [3.05, 3.63) is 58.5 Å². The van der Waals surface area contributed by atoms with Crippen molar-refractivity contribution < 1.29 is 13.2 Å². The lowest BCUT2D eigenvalue weighted by Crippen LogP contribution is -2.33. The Labute approximate surface area is 147 Å². The van der Waals surface area contributed by atoms with Gasteiger partial charge in [-0.15, -0.1) is 0 Å². The van der Waals surface area contributed by atoms with E-state index >= 15 is 0 Å². The highest BCUT2D eigenvalue weighted by atomic mass is 32.2. The van der Waals surface area contributed by atoms with Gasteiger partial charge in [0, 0.05) is 43.7 Å². The third-order valence-corrected chi connectivity index (χ3v) is 5.93. The number of benzene rings is 1. The number of aromatic nitrogens is 1. The summed E-state index contributed by atoms with van der Waals surface area (Å²) in [7, 11) is -0.455. The van der Waals surface area contributed by atoms with Crippen molar-refractivity contribution in [2.75, 3.05) is 12.4 Å². The van der Waals surface area contributed by atoms with Crippen LogP contribution in [-0.4, -0.2) is 36.3 Å². The van der Waals surface area contributed by atoms with E-state index in [0.717, 1.165) is 0 Å². The average molecular weight is 363 g/mol. The van der Waals surface area contributed by atoms with Gasteiger partial charge in [0.05, 0.1) is 4.90 Å². The molecule has 1 amide bonds. The molecule has 0 aliphatic rings. The number of carbonyl (C=O) groups is 1. The first-order valence-corrected chi connectivity index (χ1v) is 9.13. The van der Waals surface area contributed by atoms with Crippen LogP contribution < -0.4 is 10.9 Å². The Kier molecular flexibility index (Phi) is 5.44. The largest absolute Gasteiger partial charge is 0.322 e. The molecule has 2 aromatic rings. The maximum Gasteiger partial charge on any atom is 0.255 e.